The Kier molecular flexibility index (Phi) is 7.69. The second-order valence-corrected chi connectivity index (χ2v) is 9.20. The molecule has 0 radical (unpaired) electrons. The monoisotopic (exact) mass is 426 g/mol. The van der Waals surface area contributed by atoms with E-state index in [1.807, 2.05) is 6.92 Å². The number of ether oxygens (including phenoxy) is 1. The number of hydrogen-bond donors (Lipinski definition) is 2. The van der Waals surface area contributed by atoms with Crippen LogP contribution in [0.5, 0.6) is 5.75 Å². The summed E-state index contributed by atoms with van der Waals surface area (Å²) in [6.45, 7) is 5.09. The summed E-state index contributed by atoms with van der Waals surface area (Å²) in [6.07, 6.45) is 0. The molecule has 0 fully saturated rings. The third-order valence-electron chi connectivity index (χ3n) is 4.23. The van der Waals surface area contributed by atoms with Gasteiger partial charge >= 0.3 is 0 Å². The minimum absolute atomic E-state index is 0.0470. The molecule has 1 unspecified atom stereocenters. The van der Waals surface area contributed by atoms with Crippen LogP contribution in [-0.2, 0) is 14.8 Å². The molecule has 0 aliphatic heterocycles. The molecule has 2 N–H and O–H groups in total. The number of sulfonamides is 1. The molecule has 0 saturated heterocycles. The number of rotatable bonds is 9. The van der Waals surface area contributed by atoms with Crippen LogP contribution in [0.3, 0.4) is 0 Å². The van der Waals surface area contributed by atoms with Crippen LogP contribution in [0.1, 0.15) is 32.3 Å². The van der Waals surface area contributed by atoms with Crippen LogP contribution < -0.4 is 14.8 Å². The summed E-state index contributed by atoms with van der Waals surface area (Å²) in [7, 11) is -3.32. The molecule has 1 amide bonds. The van der Waals surface area contributed by atoms with Gasteiger partial charge in [-0.3, -0.25) is 4.79 Å². The maximum Gasteiger partial charge on any atom is 0.262 e. The molecule has 0 spiro atoms. The van der Waals surface area contributed by atoms with Crippen molar-refractivity contribution in [2.75, 3.05) is 18.5 Å². The molecule has 158 valence electrons. The van der Waals surface area contributed by atoms with Crippen LogP contribution in [0.4, 0.5) is 14.5 Å². The van der Waals surface area contributed by atoms with Gasteiger partial charge in [-0.2, -0.15) is 0 Å². The lowest BCUT2D eigenvalue weighted by Crippen LogP contribution is -2.33. The van der Waals surface area contributed by atoms with Gasteiger partial charge in [-0.1, -0.05) is 19.1 Å². The third kappa shape index (κ3) is 6.79. The fourth-order valence-electron chi connectivity index (χ4n) is 2.34. The lowest BCUT2D eigenvalue weighted by Gasteiger charge is -2.15. The van der Waals surface area contributed by atoms with E-state index in [4.69, 9.17) is 4.74 Å². The molecule has 6 nitrogen and oxygen atoms in total. The van der Waals surface area contributed by atoms with Crippen LogP contribution in [0, 0.1) is 11.6 Å². The lowest BCUT2D eigenvalue weighted by molar-refractivity contribution is -0.118. The van der Waals surface area contributed by atoms with E-state index in [-0.39, 0.29) is 24.8 Å². The van der Waals surface area contributed by atoms with E-state index in [1.54, 1.807) is 38.1 Å². The standard InChI is InChI=1S/C20H24F2N2O4S/c1-13(2)29(26,27)23-11-14(3)15-4-7-17(8-5-15)28-12-20(25)24-16-6-9-18(21)19(22)10-16/h4-10,13-14,23H,11-12H2,1-3H3,(H,24,25). The summed E-state index contributed by atoms with van der Waals surface area (Å²) < 4.78 is 57.7. The molecule has 2 aromatic rings. The van der Waals surface area contributed by atoms with Gasteiger partial charge < -0.3 is 10.1 Å². The van der Waals surface area contributed by atoms with Gasteiger partial charge in [-0.05, 0) is 49.6 Å². The Labute approximate surface area is 169 Å². The molecule has 2 aromatic carbocycles. The van der Waals surface area contributed by atoms with Crippen molar-refractivity contribution in [3.8, 4) is 5.75 Å². The zero-order valence-electron chi connectivity index (χ0n) is 16.4. The Bertz CT molecular complexity index is 947. The van der Waals surface area contributed by atoms with E-state index in [2.05, 4.69) is 10.0 Å². The summed E-state index contributed by atoms with van der Waals surface area (Å²) in [5, 5.41) is 1.92. The van der Waals surface area contributed by atoms with Crippen LogP contribution in [0.2, 0.25) is 0 Å². The van der Waals surface area contributed by atoms with Crippen LogP contribution in [-0.4, -0.2) is 32.7 Å². The fourth-order valence-corrected chi connectivity index (χ4v) is 3.15. The molecule has 0 heterocycles. The van der Waals surface area contributed by atoms with E-state index >= 15 is 0 Å². The van der Waals surface area contributed by atoms with Gasteiger partial charge in [0.1, 0.15) is 5.75 Å². The summed E-state index contributed by atoms with van der Waals surface area (Å²) in [5.74, 6) is -2.16. The smallest absolute Gasteiger partial charge is 0.262 e. The normalized spacial score (nSPS) is 12.6. The zero-order valence-corrected chi connectivity index (χ0v) is 17.2. The molecule has 1 atom stereocenters. The molecule has 9 heteroatoms. The highest BCUT2D eigenvalue weighted by Gasteiger charge is 2.17. The van der Waals surface area contributed by atoms with Crippen molar-refractivity contribution in [3.63, 3.8) is 0 Å². The number of carbonyl (C=O) groups is 1. The Morgan fingerprint density at radius 3 is 2.28 bits per heavy atom. The molecule has 0 saturated carbocycles. The predicted molar refractivity (Wildman–Crippen MR) is 107 cm³/mol. The summed E-state index contributed by atoms with van der Waals surface area (Å²) in [6, 6.07) is 9.99. The van der Waals surface area contributed by atoms with Crippen molar-refractivity contribution in [3.05, 3.63) is 59.7 Å². The van der Waals surface area contributed by atoms with Gasteiger partial charge in [0.2, 0.25) is 10.0 Å². The first-order chi connectivity index (χ1) is 13.6. The first kappa shape index (κ1) is 22.8. The number of anilines is 1. The first-order valence-electron chi connectivity index (χ1n) is 9.04. The maximum absolute atomic E-state index is 13.1. The van der Waals surface area contributed by atoms with E-state index < -0.39 is 32.8 Å². The molecule has 0 aliphatic rings. The summed E-state index contributed by atoms with van der Waals surface area (Å²) >= 11 is 0. The van der Waals surface area contributed by atoms with E-state index in [0.717, 1.165) is 17.7 Å². The highest BCUT2D eigenvalue weighted by molar-refractivity contribution is 7.90. The quantitative estimate of drug-likeness (QED) is 0.644. The minimum Gasteiger partial charge on any atom is -0.484 e. The number of benzene rings is 2. The average molecular weight is 426 g/mol. The second-order valence-electron chi connectivity index (χ2n) is 6.88. The number of amides is 1. The van der Waals surface area contributed by atoms with E-state index in [0.29, 0.717) is 5.75 Å². The maximum atomic E-state index is 13.1. The Balaban J connectivity index is 1.85. The fraction of sp³-hybridized carbons (Fsp3) is 0.350. The molecule has 29 heavy (non-hydrogen) atoms. The van der Waals surface area contributed by atoms with Gasteiger partial charge in [0.25, 0.3) is 5.91 Å². The Morgan fingerprint density at radius 1 is 1.03 bits per heavy atom. The zero-order chi connectivity index (χ0) is 21.6. The van der Waals surface area contributed by atoms with Gasteiger partial charge in [-0.25, -0.2) is 21.9 Å². The van der Waals surface area contributed by atoms with E-state index in [1.165, 1.54) is 6.07 Å². The largest absolute Gasteiger partial charge is 0.484 e. The molecular formula is C20H24F2N2O4S. The lowest BCUT2D eigenvalue weighted by atomic mass is 10.0. The van der Waals surface area contributed by atoms with Gasteiger partial charge in [0.05, 0.1) is 5.25 Å². The number of halogens is 2. The summed E-state index contributed by atoms with van der Waals surface area (Å²) in [4.78, 5) is 11.9. The number of hydrogen-bond acceptors (Lipinski definition) is 4. The topological polar surface area (TPSA) is 84.5 Å². The van der Waals surface area contributed by atoms with Gasteiger partial charge in [0.15, 0.2) is 18.2 Å². The van der Waals surface area contributed by atoms with Crippen LogP contribution >= 0.6 is 0 Å². The van der Waals surface area contributed by atoms with Crippen molar-refractivity contribution >= 4 is 21.6 Å². The highest BCUT2D eigenvalue weighted by Crippen LogP contribution is 2.19. The van der Waals surface area contributed by atoms with Crippen molar-refractivity contribution in [1.29, 1.82) is 0 Å². The van der Waals surface area contributed by atoms with Crippen molar-refractivity contribution in [2.45, 2.75) is 31.9 Å². The van der Waals surface area contributed by atoms with Crippen LogP contribution in [0.25, 0.3) is 0 Å². The van der Waals surface area contributed by atoms with Gasteiger partial charge in [-0.15, -0.1) is 0 Å². The third-order valence-corrected chi connectivity index (χ3v) is 6.04. The highest BCUT2D eigenvalue weighted by atomic mass is 32.2. The molecule has 0 bridgehead atoms. The van der Waals surface area contributed by atoms with E-state index in [9.17, 15) is 22.0 Å². The molecule has 0 aromatic heterocycles. The van der Waals surface area contributed by atoms with Crippen molar-refractivity contribution < 1.29 is 26.7 Å². The molecule has 0 aliphatic carbocycles. The minimum atomic E-state index is -3.32. The van der Waals surface area contributed by atoms with Gasteiger partial charge in [0, 0.05) is 18.3 Å². The SMILES string of the molecule is CC(CNS(=O)(=O)C(C)C)c1ccc(OCC(=O)Nc2ccc(F)c(F)c2)cc1. The number of nitrogens with one attached hydrogen (secondary N) is 2. The first-order valence-corrected chi connectivity index (χ1v) is 10.6. The van der Waals surface area contributed by atoms with Crippen LogP contribution in [0.15, 0.2) is 42.5 Å². The number of carbonyl (C=O) groups excluding carboxylic acids is 1. The predicted octanol–water partition coefficient (Wildman–Crippen LogP) is 3.41. The Morgan fingerprint density at radius 2 is 1.69 bits per heavy atom. The van der Waals surface area contributed by atoms with Crippen molar-refractivity contribution in [2.24, 2.45) is 0 Å². The Hall–Kier alpha value is -2.52. The summed E-state index contributed by atoms with van der Waals surface area (Å²) in [5.41, 5.74) is 1.04. The van der Waals surface area contributed by atoms with Crippen molar-refractivity contribution in [1.82, 2.24) is 4.72 Å². The average Bonchev–Trinajstić information content (AvgIpc) is 2.67. The molecule has 2 rings (SSSR count). The molecular weight excluding hydrogens is 402 g/mol. The second kappa shape index (κ2) is 9.80.